The van der Waals surface area contributed by atoms with Gasteiger partial charge in [-0.1, -0.05) is 146 Å². The topological polar surface area (TPSA) is 26.3 Å². The van der Waals surface area contributed by atoms with Crippen LogP contribution in [0.25, 0.3) is 0 Å². The monoisotopic (exact) mass is 456 g/mol. The number of carbonyl (C=O) groups is 1. The molecule has 0 saturated carbocycles. The highest BCUT2D eigenvalue weighted by Crippen LogP contribution is 2.15. The molecule has 0 amide bonds. The highest BCUT2D eigenvalue weighted by Gasteiger charge is 2.02. The van der Waals surface area contributed by atoms with Crippen molar-refractivity contribution in [2.24, 2.45) is 0 Å². The Morgan fingerprint density at radius 3 is 1.52 bits per heavy atom. The van der Waals surface area contributed by atoms with Gasteiger partial charge in [0.05, 0.1) is 0 Å². The zero-order chi connectivity index (χ0) is 23.7. The van der Waals surface area contributed by atoms with Crippen LogP contribution in [0, 0.1) is 0 Å². The van der Waals surface area contributed by atoms with Crippen LogP contribution in [0.5, 0.6) is 5.75 Å². The van der Waals surface area contributed by atoms with Crippen LogP contribution >= 0.6 is 0 Å². The Balaban J connectivity index is 1.74. The Morgan fingerprint density at radius 2 is 1.03 bits per heavy atom. The lowest BCUT2D eigenvalue weighted by Gasteiger charge is -2.03. The average Bonchev–Trinajstić information content (AvgIpc) is 2.83. The summed E-state index contributed by atoms with van der Waals surface area (Å²) in [5, 5.41) is 0. The largest absolute Gasteiger partial charge is 0.427 e. The van der Waals surface area contributed by atoms with Crippen LogP contribution in [0.1, 0.15) is 142 Å². The third-order valence-corrected chi connectivity index (χ3v) is 6.38. The zero-order valence-corrected chi connectivity index (χ0v) is 21.7. The van der Waals surface area contributed by atoms with E-state index < -0.39 is 0 Å². The van der Waals surface area contributed by atoms with E-state index >= 15 is 0 Å². The van der Waals surface area contributed by atoms with Crippen LogP contribution in [-0.4, -0.2) is 5.97 Å². The first kappa shape index (κ1) is 29.5. The first-order valence-corrected chi connectivity index (χ1v) is 14.2. The fraction of sp³-hybridized carbons (Fsp3) is 0.710. The Kier molecular flexibility index (Phi) is 21.1. The molecule has 0 aliphatic heterocycles. The lowest BCUT2D eigenvalue weighted by atomic mass is 10.0. The van der Waals surface area contributed by atoms with Gasteiger partial charge in [0.15, 0.2) is 0 Å². The Hall–Kier alpha value is -1.57. The van der Waals surface area contributed by atoms with E-state index in [0.717, 1.165) is 12.8 Å². The molecule has 0 N–H and O–H groups in total. The zero-order valence-electron chi connectivity index (χ0n) is 21.7. The normalized spacial score (nSPS) is 11.3. The molecular weight excluding hydrogens is 404 g/mol. The molecule has 0 saturated heterocycles. The molecule has 0 bridgehead atoms. The quantitative estimate of drug-likeness (QED) is 0.0708. The molecule has 188 valence electrons. The highest BCUT2D eigenvalue weighted by molar-refractivity contribution is 5.72. The maximum atomic E-state index is 11.8. The summed E-state index contributed by atoms with van der Waals surface area (Å²) in [5.41, 5.74) is 0. The molecule has 0 heterocycles. The van der Waals surface area contributed by atoms with E-state index in [-0.39, 0.29) is 5.97 Å². The van der Waals surface area contributed by atoms with E-state index in [2.05, 4.69) is 19.1 Å². The minimum absolute atomic E-state index is 0.154. The van der Waals surface area contributed by atoms with Gasteiger partial charge >= 0.3 is 5.97 Å². The molecule has 1 aromatic rings. The summed E-state index contributed by atoms with van der Waals surface area (Å²) in [6.45, 7) is 2.29. The van der Waals surface area contributed by atoms with Crippen molar-refractivity contribution < 1.29 is 9.53 Å². The van der Waals surface area contributed by atoms with Gasteiger partial charge in [0.25, 0.3) is 0 Å². The van der Waals surface area contributed by atoms with Crippen LogP contribution < -0.4 is 4.74 Å². The smallest absolute Gasteiger partial charge is 0.311 e. The molecule has 0 fully saturated rings. The van der Waals surface area contributed by atoms with Gasteiger partial charge in [-0.15, -0.1) is 0 Å². The number of carbonyl (C=O) groups excluding carboxylic acids is 1. The van der Waals surface area contributed by atoms with E-state index in [9.17, 15) is 4.79 Å². The first-order chi connectivity index (χ1) is 16.3. The standard InChI is InChI=1S/C31H52O2/c1-2-3-4-5-6-7-8-9-10-11-12-13-14-15-16-17-18-19-20-21-22-26-29-31(32)33-30-27-24-23-25-28-30/h21-25,27-28H,2-20,26,29H2,1H3/b22-21+. The van der Waals surface area contributed by atoms with Crippen LogP contribution in [0.2, 0.25) is 0 Å². The molecule has 2 heteroatoms. The Bertz CT molecular complexity index is 564. The fourth-order valence-corrected chi connectivity index (χ4v) is 4.27. The van der Waals surface area contributed by atoms with Crippen molar-refractivity contribution in [2.75, 3.05) is 0 Å². The SMILES string of the molecule is CCCCCCCCCCCCCCCCCCCC/C=C/CCC(=O)Oc1ccccc1. The number of para-hydroxylation sites is 1. The highest BCUT2D eigenvalue weighted by atomic mass is 16.5. The summed E-state index contributed by atoms with van der Waals surface area (Å²) < 4.78 is 5.29. The lowest BCUT2D eigenvalue weighted by Crippen LogP contribution is -2.06. The minimum Gasteiger partial charge on any atom is -0.427 e. The van der Waals surface area contributed by atoms with Gasteiger partial charge in [0.2, 0.25) is 0 Å². The van der Waals surface area contributed by atoms with Crippen molar-refractivity contribution in [3.05, 3.63) is 42.5 Å². The molecule has 0 radical (unpaired) electrons. The van der Waals surface area contributed by atoms with Crippen molar-refractivity contribution in [3.63, 3.8) is 0 Å². The van der Waals surface area contributed by atoms with E-state index in [1.54, 1.807) is 0 Å². The van der Waals surface area contributed by atoms with Gasteiger partial charge in [-0.3, -0.25) is 4.79 Å². The summed E-state index contributed by atoms with van der Waals surface area (Å²) in [7, 11) is 0. The second-order valence-corrected chi connectivity index (χ2v) is 9.60. The average molecular weight is 457 g/mol. The predicted molar refractivity (Wildman–Crippen MR) is 144 cm³/mol. The molecule has 0 aliphatic carbocycles. The molecule has 0 unspecified atom stereocenters. The Morgan fingerprint density at radius 1 is 0.606 bits per heavy atom. The van der Waals surface area contributed by atoms with E-state index in [1.807, 2.05) is 30.3 Å². The minimum atomic E-state index is -0.154. The number of ether oxygens (including phenoxy) is 1. The number of hydrogen-bond acceptors (Lipinski definition) is 2. The van der Waals surface area contributed by atoms with Crippen LogP contribution in [-0.2, 0) is 4.79 Å². The molecule has 0 spiro atoms. The molecule has 33 heavy (non-hydrogen) atoms. The number of esters is 1. The summed E-state index contributed by atoms with van der Waals surface area (Å²) in [5.74, 6) is 0.476. The van der Waals surface area contributed by atoms with Gasteiger partial charge < -0.3 is 4.74 Å². The lowest BCUT2D eigenvalue weighted by molar-refractivity contribution is -0.134. The van der Waals surface area contributed by atoms with Gasteiger partial charge in [0.1, 0.15) is 5.75 Å². The summed E-state index contributed by atoms with van der Waals surface area (Å²) >= 11 is 0. The van der Waals surface area contributed by atoms with Gasteiger partial charge in [-0.05, 0) is 31.4 Å². The number of unbranched alkanes of at least 4 members (excludes halogenated alkanes) is 18. The second-order valence-electron chi connectivity index (χ2n) is 9.60. The second kappa shape index (κ2) is 23.6. The van der Waals surface area contributed by atoms with Crippen LogP contribution in [0.15, 0.2) is 42.5 Å². The van der Waals surface area contributed by atoms with Crippen molar-refractivity contribution in [1.29, 1.82) is 0 Å². The number of hydrogen-bond donors (Lipinski definition) is 0. The fourth-order valence-electron chi connectivity index (χ4n) is 4.27. The van der Waals surface area contributed by atoms with Crippen molar-refractivity contribution >= 4 is 5.97 Å². The third kappa shape index (κ3) is 20.7. The molecule has 2 nitrogen and oxygen atoms in total. The number of benzene rings is 1. The molecule has 1 aromatic carbocycles. The first-order valence-electron chi connectivity index (χ1n) is 14.2. The van der Waals surface area contributed by atoms with Crippen molar-refractivity contribution in [3.8, 4) is 5.75 Å². The number of allylic oxidation sites excluding steroid dienone is 2. The van der Waals surface area contributed by atoms with Crippen LogP contribution in [0.3, 0.4) is 0 Å². The Labute approximate surface area is 205 Å². The molecule has 1 rings (SSSR count). The molecule has 0 aliphatic rings. The van der Waals surface area contributed by atoms with E-state index in [0.29, 0.717) is 12.2 Å². The van der Waals surface area contributed by atoms with Crippen molar-refractivity contribution in [1.82, 2.24) is 0 Å². The summed E-state index contributed by atoms with van der Waals surface area (Å²) in [6.07, 6.45) is 32.2. The summed E-state index contributed by atoms with van der Waals surface area (Å²) in [6, 6.07) is 9.29. The maximum Gasteiger partial charge on any atom is 0.311 e. The van der Waals surface area contributed by atoms with Gasteiger partial charge in [0, 0.05) is 6.42 Å². The van der Waals surface area contributed by atoms with Crippen LogP contribution in [0.4, 0.5) is 0 Å². The molecule has 0 aromatic heterocycles. The van der Waals surface area contributed by atoms with Gasteiger partial charge in [-0.25, -0.2) is 0 Å². The predicted octanol–water partition coefficient (Wildman–Crippen LogP) is 10.4. The summed E-state index contributed by atoms with van der Waals surface area (Å²) in [4.78, 5) is 11.8. The maximum absolute atomic E-state index is 11.8. The van der Waals surface area contributed by atoms with E-state index in [4.69, 9.17) is 4.74 Å². The third-order valence-electron chi connectivity index (χ3n) is 6.38. The van der Waals surface area contributed by atoms with Gasteiger partial charge in [-0.2, -0.15) is 0 Å². The molecular formula is C31H52O2. The van der Waals surface area contributed by atoms with E-state index in [1.165, 1.54) is 116 Å². The molecule has 0 atom stereocenters. The van der Waals surface area contributed by atoms with Crippen molar-refractivity contribution in [2.45, 2.75) is 142 Å². The number of rotatable bonds is 23.